The molecule has 2 aromatic rings. The molecule has 0 radical (unpaired) electrons. The van der Waals surface area contributed by atoms with Gasteiger partial charge in [-0.15, -0.1) is 5.06 Å². The second kappa shape index (κ2) is 15.6. The van der Waals surface area contributed by atoms with Crippen LogP contribution in [0.1, 0.15) is 45.7 Å². The quantitative estimate of drug-likeness (QED) is 0.114. The first-order valence-electron chi connectivity index (χ1n) is 12.2. The van der Waals surface area contributed by atoms with Gasteiger partial charge in [0, 0.05) is 14.2 Å². The molecule has 2 amide bonds. The highest BCUT2D eigenvalue weighted by Gasteiger charge is 2.42. The molecule has 2 aromatic carbocycles. The first kappa shape index (κ1) is 30.6. The minimum Gasteiger partial charge on any atom is -0.595 e. The van der Waals surface area contributed by atoms with Gasteiger partial charge in [-0.05, 0) is 36.2 Å². The summed E-state index contributed by atoms with van der Waals surface area (Å²) in [5.74, 6) is -0.835. The van der Waals surface area contributed by atoms with E-state index in [1.54, 1.807) is 45.4 Å². The number of amides is 2. The van der Waals surface area contributed by atoms with Gasteiger partial charge < -0.3 is 33.3 Å². The van der Waals surface area contributed by atoms with Gasteiger partial charge in [-0.1, -0.05) is 29.7 Å². The van der Waals surface area contributed by atoms with E-state index in [1.165, 1.54) is 18.2 Å². The second-order valence-corrected chi connectivity index (χ2v) is 9.50. The highest BCUT2D eigenvalue weighted by molar-refractivity contribution is 7.37. The van der Waals surface area contributed by atoms with Crippen LogP contribution in [0.25, 0.3) is 0 Å². The summed E-state index contributed by atoms with van der Waals surface area (Å²) in [4.78, 5) is 43.9. The van der Waals surface area contributed by atoms with E-state index < -0.39 is 31.6 Å². The van der Waals surface area contributed by atoms with Crippen molar-refractivity contribution in [1.29, 1.82) is 0 Å². The van der Waals surface area contributed by atoms with Gasteiger partial charge in [0.05, 0.1) is 37.6 Å². The van der Waals surface area contributed by atoms with Crippen molar-refractivity contribution in [3.8, 4) is 11.5 Å². The van der Waals surface area contributed by atoms with E-state index in [4.69, 9.17) is 33.3 Å². The highest BCUT2D eigenvalue weighted by Crippen LogP contribution is 2.41. The molecular weight excluding hydrogens is 533 g/mol. The smallest absolute Gasteiger partial charge is 0.315 e. The fourth-order valence-electron chi connectivity index (χ4n) is 3.75. The zero-order chi connectivity index (χ0) is 28.2. The van der Waals surface area contributed by atoms with Crippen LogP contribution < -0.4 is 14.4 Å². The molecule has 0 fully saturated rings. The van der Waals surface area contributed by atoms with Crippen LogP contribution in [0.15, 0.2) is 42.5 Å². The fourth-order valence-corrected chi connectivity index (χ4v) is 4.50. The summed E-state index contributed by atoms with van der Waals surface area (Å²) in [6.07, 6.45) is -1.05. The van der Waals surface area contributed by atoms with Crippen LogP contribution in [0.2, 0.25) is 0 Å². The maximum absolute atomic E-state index is 12.9. The third-order valence-electron chi connectivity index (χ3n) is 5.77. The molecule has 0 N–H and O–H groups in total. The van der Waals surface area contributed by atoms with Crippen molar-refractivity contribution in [3.63, 3.8) is 0 Å². The number of fused-ring (bicyclic) bond motifs is 1. The lowest BCUT2D eigenvalue weighted by atomic mass is 10.0. The van der Waals surface area contributed by atoms with Crippen LogP contribution >= 0.6 is 8.03 Å². The first-order valence-corrected chi connectivity index (χ1v) is 13.5. The van der Waals surface area contributed by atoms with E-state index in [0.29, 0.717) is 36.2 Å². The predicted molar refractivity (Wildman–Crippen MR) is 136 cm³/mol. The Labute approximate surface area is 227 Å². The van der Waals surface area contributed by atoms with Gasteiger partial charge >= 0.3 is 8.03 Å². The first-order chi connectivity index (χ1) is 18.9. The van der Waals surface area contributed by atoms with E-state index >= 15 is 0 Å². The van der Waals surface area contributed by atoms with Gasteiger partial charge in [-0.25, -0.2) is 4.84 Å². The van der Waals surface area contributed by atoms with Crippen LogP contribution in [0.3, 0.4) is 0 Å². The van der Waals surface area contributed by atoms with Gasteiger partial charge in [0.2, 0.25) is 0 Å². The molecule has 13 heteroatoms. The molecule has 3 rings (SSSR count). The Morgan fingerprint density at radius 2 is 1.41 bits per heavy atom. The molecule has 39 heavy (non-hydrogen) atoms. The third kappa shape index (κ3) is 8.02. The minimum absolute atomic E-state index is 0.0947. The molecule has 0 aliphatic carbocycles. The predicted octanol–water partition coefficient (Wildman–Crippen LogP) is 2.84. The van der Waals surface area contributed by atoms with Crippen molar-refractivity contribution in [2.75, 3.05) is 54.2 Å². The largest absolute Gasteiger partial charge is 0.595 e. The Hall–Kier alpha value is -2.96. The lowest BCUT2D eigenvalue weighted by Crippen LogP contribution is -2.35. The lowest BCUT2D eigenvalue weighted by Gasteiger charge is -2.25. The Balaban J connectivity index is 1.88. The number of hydroxylamine groups is 2. The summed E-state index contributed by atoms with van der Waals surface area (Å²) in [6.45, 7) is 2.78. The summed E-state index contributed by atoms with van der Waals surface area (Å²) < 4.78 is 44.3. The Morgan fingerprint density at radius 3 is 1.92 bits per heavy atom. The number of rotatable bonds is 18. The zero-order valence-corrected chi connectivity index (χ0v) is 22.9. The molecule has 0 bridgehead atoms. The highest BCUT2D eigenvalue weighted by atomic mass is 31.1. The molecule has 0 saturated carbocycles. The van der Waals surface area contributed by atoms with Crippen molar-refractivity contribution in [3.05, 3.63) is 59.2 Å². The molecule has 0 spiro atoms. The van der Waals surface area contributed by atoms with Crippen LogP contribution in [-0.4, -0.2) is 76.8 Å². The van der Waals surface area contributed by atoms with Crippen molar-refractivity contribution in [1.82, 2.24) is 5.06 Å². The van der Waals surface area contributed by atoms with E-state index in [0.717, 1.165) is 0 Å². The van der Waals surface area contributed by atoms with Crippen LogP contribution in [0.5, 0.6) is 11.5 Å². The number of methoxy groups -OCH3 is 2. The number of carbonyl (C=O) groups is 2. The summed E-state index contributed by atoms with van der Waals surface area (Å²) in [5.41, 5.74) is -0.359. The zero-order valence-electron chi connectivity index (χ0n) is 22.0. The number of carbonyl (C=O) groups excluding carboxylic acids is 2. The van der Waals surface area contributed by atoms with Crippen molar-refractivity contribution < 1.29 is 52.3 Å². The SMILES string of the molecule is CCC(C(ON1C(=O)c2ccccc2C1=O)c1ccc(OCOCCOC)c(OCOCCOC)c1)[P+](=O)[O-]. The molecule has 3 atom stereocenters. The number of nitrogens with zero attached hydrogens (tertiary/aromatic N) is 1. The average molecular weight is 566 g/mol. The van der Waals surface area contributed by atoms with Crippen LogP contribution in [0.4, 0.5) is 0 Å². The van der Waals surface area contributed by atoms with Gasteiger partial charge in [0.25, 0.3) is 11.8 Å². The normalized spacial score (nSPS) is 14.8. The second-order valence-electron chi connectivity index (χ2n) is 8.27. The Bertz CT molecular complexity index is 1090. The molecule has 1 aliphatic rings. The number of imide groups is 1. The molecule has 212 valence electrons. The van der Waals surface area contributed by atoms with Gasteiger partial charge in [0.15, 0.2) is 36.8 Å². The van der Waals surface area contributed by atoms with Crippen LogP contribution in [-0.2, 0) is 28.4 Å². The summed E-state index contributed by atoms with van der Waals surface area (Å²) in [7, 11) is 0.0964. The van der Waals surface area contributed by atoms with Crippen molar-refractivity contribution >= 4 is 19.8 Å². The minimum atomic E-state index is -3.00. The Kier molecular flexibility index (Phi) is 12.2. The summed E-state index contributed by atoms with van der Waals surface area (Å²) >= 11 is 0. The van der Waals surface area contributed by atoms with E-state index in [9.17, 15) is 19.0 Å². The lowest BCUT2D eigenvalue weighted by molar-refractivity contribution is -0.177. The molecule has 1 aliphatic heterocycles. The standard InChI is InChI=1S/C26H32NO11P/c1-4-23(39(30)31)24(38-27-25(28)19-7-5-6-8-20(19)26(27)29)18-9-10-21(36-16-34-13-11-32-2)22(15-18)37-17-35-14-12-33-3/h5-10,15,23-24H,4,11-14,16-17H2,1-3H3. The molecule has 3 unspecified atom stereocenters. The Morgan fingerprint density at radius 1 is 0.846 bits per heavy atom. The number of ether oxygens (including phenoxy) is 6. The summed E-state index contributed by atoms with van der Waals surface area (Å²) in [6, 6.07) is 10.9. The summed E-state index contributed by atoms with van der Waals surface area (Å²) in [5, 5.41) is 0.610. The van der Waals surface area contributed by atoms with E-state index in [-0.39, 0.29) is 43.5 Å². The molecule has 0 saturated heterocycles. The van der Waals surface area contributed by atoms with Crippen LogP contribution in [0, 0.1) is 0 Å². The molecule has 1 heterocycles. The number of hydrogen-bond acceptors (Lipinski definition) is 11. The molecular formula is C26H32NO11P. The van der Waals surface area contributed by atoms with E-state index in [2.05, 4.69) is 0 Å². The van der Waals surface area contributed by atoms with Crippen molar-refractivity contribution in [2.24, 2.45) is 0 Å². The average Bonchev–Trinajstić information content (AvgIpc) is 3.17. The van der Waals surface area contributed by atoms with Gasteiger partial charge in [-0.3, -0.25) is 9.59 Å². The third-order valence-corrected chi connectivity index (χ3v) is 6.95. The topological polar surface area (TPSA) is 142 Å². The maximum atomic E-state index is 12.9. The molecule has 12 nitrogen and oxygen atoms in total. The van der Waals surface area contributed by atoms with Gasteiger partial charge in [0.1, 0.15) is 0 Å². The monoisotopic (exact) mass is 565 g/mol. The number of benzene rings is 2. The van der Waals surface area contributed by atoms with Crippen molar-refractivity contribution in [2.45, 2.75) is 25.1 Å². The molecule has 0 aromatic heterocycles. The van der Waals surface area contributed by atoms with Gasteiger partial charge in [-0.2, -0.15) is 0 Å². The fraction of sp³-hybridized carbons (Fsp3) is 0.462. The number of hydrogen-bond donors (Lipinski definition) is 0. The maximum Gasteiger partial charge on any atom is 0.315 e. The van der Waals surface area contributed by atoms with E-state index in [1.807, 2.05) is 0 Å².